The maximum atomic E-state index is 13.8. The third-order valence-corrected chi connectivity index (χ3v) is 9.52. The van der Waals surface area contributed by atoms with E-state index in [1.807, 2.05) is 0 Å². The van der Waals surface area contributed by atoms with Crippen molar-refractivity contribution in [2.75, 3.05) is 39.5 Å². The normalized spacial score (nSPS) is 29.9. The van der Waals surface area contributed by atoms with Crippen molar-refractivity contribution in [3.63, 3.8) is 0 Å². The third kappa shape index (κ3) is 11.1. The lowest BCUT2D eigenvalue weighted by molar-refractivity contribution is -0.348. The second kappa shape index (κ2) is 20.8. The summed E-state index contributed by atoms with van der Waals surface area (Å²) in [7, 11) is 0. The molecule has 4 rings (SSSR count). The molecular weight excluding hydrogens is 708 g/mol. The van der Waals surface area contributed by atoms with Crippen LogP contribution in [0.3, 0.4) is 0 Å². The fraction of sp³-hybridized carbons (Fsp3) is 0.649. The van der Waals surface area contributed by atoms with Gasteiger partial charge in [-0.2, -0.15) is 0 Å². The molecule has 0 radical (unpaired) electrons. The first-order valence-corrected chi connectivity index (χ1v) is 18.4. The number of guanidine groups is 1. The van der Waals surface area contributed by atoms with E-state index in [2.05, 4.69) is 16.9 Å². The molecule has 0 aromatic rings. The monoisotopic (exact) mass is 764 g/mol. The summed E-state index contributed by atoms with van der Waals surface area (Å²) in [5.74, 6) is -3.60. The molecule has 0 aromatic carbocycles. The van der Waals surface area contributed by atoms with Crippen molar-refractivity contribution >= 4 is 17.9 Å². The first-order chi connectivity index (χ1) is 25.9. The minimum absolute atomic E-state index is 0.0774. The van der Waals surface area contributed by atoms with Gasteiger partial charge in [-0.15, -0.1) is 6.58 Å². The van der Waals surface area contributed by atoms with Gasteiger partial charge in [0.05, 0.1) is 48.3 Å². The number of nitrogens with two attached hydrogens (primary N) is 1. The molecular formula is C37H56N4O13. The molecule has 0 bridgehead atoms. The molecule has 8 unspecified atom stereocenters. The zero-order chi connectivity index (χ0) is 39.4. The van der Waals surface area contributed by atoms with E-state index < -0.39 is 73.5 Å². The van der Waals surface area contributed by atoms with Crippen molar-refractivity contribution < 1.29 is 63.9 Å². The molecule has 9 N–H and O–H groups in total. The number of rotatable bonds is 17. The second-order valence-corrected chi connectivity index (χ2v) is 13.8. The molecule has 302 valence electrons. The summed E-state index contributed by atoms with van der Waals surface area (Å²) in [6.45, 7) is 6.95. The number of nitrogens with zero attached hydrogens (tertiary/aromatic N) is 2. The molecule has 2 fully saturated rings. The maximum absolute atomic E-state index is 13.8. The van der Waals surface area contributed by atoms with Gasteiger partial charge in [0.25, 0.3) is 0 Å². The highest BCUT2D eigenvalue weighted by Crippen LogP contribution is 2.38. The highest BCUT2D eigenvalue weighted by Gasteiger charge is 2.49. The summed E-state index contributed by atoms with van der Waals surface area (Å²) < 4.78 is 29.9. The molecule has 3 aliphatic heterocycles. The number of esters is 1. The van der Waals surface area contributed by atoms with Crippen LogP contribution in [0.15, 0.2) is 64.7 Å². The van der Waals surface area contributed by atoms with Crippen molar-refractivity contribution in [1.82, 2.24) is 10.2 Å². The lowest BCUT2D eigenvalue weighted by atomic mass is 9.83. The van der Waals surface area contributed by atoms with Crippen LogP contribution in [0.4, 0.5) is 0 Å². The molecule has 4 aliphatic rings. The van der Waals surface area contributed by atoms with Gasteiger partial charge in [-0.3, -0.25) is 4.99 Å². The number of hydrogen-bond donors (Lipinski definition) is 8. The van der Waals surface area contributed by atoms with Crippen molar-refractivity contribution in [2.24, 2.45) is 22.6 Å². The number of aliphatic carboxylic acids is 1. The van der Waals surface area contributed by atoms with Gasteiger partial charge in [-0.25, -0.2) is 9.59 Å². The highest BCUT2D eigenvalue weighted by atomic mass is 16.8. The Labute approximate surface area is 315 Å². The number of aliphatic hydroxyl groups is 5. The van der Waals surface area contributed by atoms with Crippen LogP contribution in [0.5, 0.6) is 0 Å². The maximum Gasteiger partial charge on any atom is 0.339 e. The minimum atomic E-state index is -1.48. The van der Waals surface area contributed by atoms with Crippen LogP contribution in [-0.4, -0.2) is 142 Å². The summed E-state index contributed by atoms with van der Waals surface area (Å²) in [6, 6.07) is 0. The van der Waals surface area contributed by atoms with Gasteiger partial charge in [0.1, 0.15) is 30.5 Å². The Bertz CT molecular complexity index is 1440. The average Bonchev–Trinajstić information content (AvgIpc) is 3.14. The van der Waals surface area contributed by atoms with Crippen molar-refractivity contribution in [2.45, 2.75) is 102 Å². The van der Waals surface area contributed by atoms with Crippen LogP contribution in [0, 0.1) is 11.8 Å². The first-order valence-electron chi connectivity index (χ1n) is 18.4. The van der Waals surface area contributed by atoms with Crippen LogP contribution in [0.2, 0.25) is 0 Å². The fourth-order valence-corrected chi connectivity index (χ4v) is 6.78. The largest absolute Gasteiger partial charge is 0.478 e. The number of carboxylic acids is 1. The Balaban J connectivity index is 1.75. The van der Waals surface area contributed by atoms with E-state index >= 15 is 0 Å². The minimum Gasteiger partial charge on any atom is -0.478 e. The third-order valence-electron chi connectivity index (χ3n) is 9.52. The average molecular weight is 765 g/mol. The molecule has 17 heteroatoms. The van der Waals surface area contributed by atoms with Crippen molar-refractivity contribution in [1.29, 1.82) is 0 Å². The molecule has 17 nitrogen and oxygen atoms in total. The van der Waals surface area contributed by atoms with Crippen molar-refractivity contribution in [3.05, 3.63) is 59.7 Å². The summed E-state index contributed by atoms with van der Waals surface area (Å²) in [6.07, 6.45) is 3.64. The molecule has 0 spiro atoms. The number of ether oxygens (including phenoxy) is 5. The highest BCUT2D eigenvalue weighted by molar-refractivity contribution is 5.95. The quantitative estimate of drug-likeness (QED) is 0.0322. The number of aliphatic imine (C=N–C) groups is 1. The van der Waals surface area contributed by atoms with E-state index in [9.17, 15) is 35.1 Å². The molecule has 8 atom stereocenters. The van der Waals surface area contributed by atoms with E-state index in [4.69, 9.17) is 34.5 Å². The lowest BCUT2D eigenvalue weighted by Crippen LogP contribution is -2.61. The smallest absolute Gasteiger partial charge is 0.339 e. The molecule has 0 aromatic heterocycles. The SMILES string of the molecule is C=CC1C(OC2OC(CO)C(O)C(O)C2OC(C)C)OC=C(C(=O)OC2CCCCC2)C1C=CC1=C(NC(N)=NCCCO)C(C(=O)O)=CN(CCO)C1. The van der Waals surface area contributed by atoms with E-state index in [0.29, 0.717) is 12.0 Å². The number of β-amino-alcohol motifs (C(OH)–C–C–N with tert-alkyl or cyclic N) is 1. The predicted octanol–water partition coefficient (Wildman–Crippen LogP) is 0.144. The van der Waals surface area contributed by atoms with Gasteiger partial charge < -0.3 is 70.3 Å². The summed E-state index contributed by atoms with van der Waals surface area (Å²) in [5, 5.41) is 63.3. The molecule has 3 heterocycles. The number of hydrogen-bond acceptors (Lipinski definition) is 14. The first kappa shape index (κ1) is 42.9. The topological polar surface area (TPSA) is 255 Å². The van der Waals surface area contributed by atoms with Crippen LogP contribution >= 0.6 is 0 Å². The van der Waals surface area contributed by atoms with Gasteiger partial charge in [0.15, 0.2) is 12.2 Å². The fourth-order valence-electron chi connectivity index (χ4n) is 6.78. The zero-order valence-corrected chi connectivity index (χ0v) is 30.9. The van der Waals surface area contributed by atoms with E-state index in [0.717, 1.165) is 32.1 Å². The Kier molecular flexibility index (Phi) is 16.5. The van der Waals surface area contributed by atoms with Crippen LogP contribution in [0.25, 0.3) is 0 Å². The number of carbonyl (C=O) groups excluding carboxylic acids is 1. The van der Waals surface area contributed by atoms with Gasteiger partial charge in [-0.1, -0.05) is 24.6 Å². The zero-order valence-electron chi connectivity index (χ0n) is 30.9. The van der Waals surface area contributed by atoms with Crippen LogP contribution in [-0.2, 0) is 33.3 Å². The summed E-state index contributed by atoms with van der Waals surface area (Å²) >= 11 is 0. The molecule has 0 amide bonds. The van der Waals surface area contributed by atoms with E-state index in [1.54, 1.807) is 30.9 Å². The number of allylic oxidation sites excluding steroid dienone is 1. The van der Waals surface area contributed by atoms with E-state index in [-0.39, 0.29) is 61.8 Å². The molecule has 1 saturated heterocycles. The Morgan fingerprint density at radius 2 is 1.87 bits per heavy atom. The standard InChI is InChI=1S/C37H56N4O13/c1-4-24-25(12-11-22-17-41(14-16-43)18-26(33(47)48)29(22)40-37(38)39-13-8-15-42)27(34(49)52-23-9-6-5-7-10-23)20-50-35(24)54-36-32(51-21(2)3)31(46)30(45)28(19-44)53-36/h4,11-12,18,20-21,23-25,28,30-32,35-36,42-46H,1,5-10,13-17,19H2,2-3H3,(H,47,48)(H3,38,39,40). The second-order valence-electron chi connectivity index (χ2n) is 13.8. The van der Waals surface area contributed by atoms with E-state index in [1.165, 1.54) is 18.5 Å². The number of nitrogens with one attached hydrogen (secondary N) is 1. The van der Waals surface area contributed by atoms with Crippen LogP contribution < -0.4 is 11.1 Å². The Hall–Kier alpha value is -3.81. The molecule has 1 aliphatic carbocycles. The summed E-state index contributed by atoms with van der Waals surface area (Å²) in [4.78, 5) is 32.1. The molecule has 1 saturated carbocycles. The van der Waals surface area contributed by atoms with Crippen LogP contribution in [0.1, 0.15) is 52.4 Å². The van der Waals surface area contributed by atoms with Gasteiger partial charge in [0.2, 0.25) is 6.29 Å². The predicted molar refractivity (Wildman–Crippen MR) is 194 cm³/mol. The number of aliphatic hydroxyl groups excluding tert-OH is 5. The molecule has 54 heavy (non-hydrogen) atoms. The van der Waals surface area contributed by atoms with Crippen molar-refractivity contribution in [3.8, 4) is 0 Å². The number of carboxylic acid groups (broad SMARTS) is 1. The summed E-state index contributed by atoms with van der Waals surface area (Å²) in [5.41, 5.74) is 6.67. The van der Waals surface area contributed by atoms with Gasteiger partial charge in [0, 0.05) is 38.4 Å². The Morgan fingerprint density at radius 1 is 1.13 bits per heavy atom. The van der Waals surface area contributed by atoms with Gasteiger partial charge >= 0.3 is 11.9 Å². The Morgan fingerprint density at radius 3 is 2.50 bits per heavy atom. The van der Waals surface area contributed by atoms with Gasteiger partial charge in [-0.05, 0) is 51.5 Å². The number of carbonyl (C=O) groups is 2. The lowest BCUT2D eigenvalue weighted by Gasteiger charge is -2.44.